The first-order valence-corrected chi connectivity index (χ1v) is 12.7. The molecule has 2 aromatic heterocycles. The van der Waals surface area contributed by atoms with Crippen molar-refractivity contribution in [1.29, 1.82) is 0 Å². The normalized spacial score (nSPS) is 18.2. The van der Waals surface area contributed by atoms with Gasteiger partial charge in [-0.05, 0) is 38.7 Å². The highest BCUT2D eigenvalue weighted by Gasteiger charge is 2.31. The molecule has 0 unspecified atom stereocenters. The van der Waals surface area contributed by atoms with E-state index in [2.05, 4.69) is 13.8 Å². The summed E-state index contributed by atoms with van der Waals surface area (Å²) in [5.41, 5.74) is 2.09. The Balaban J connectivity index is 1.53. The van der Waals surface area contributed by atoms with Gasteiger partial charge in [0.15, 0.2) is 5.82 Å². The first-order valence-electron chi connectivity index (χ1n) is 10.9. The maximum Gasteiger partial charge on any atom is 0.232 e. The minimum absolute atomic E-state index is 0.204. The number of amides is 1. The van der Waals surface area contributed by atoms with Crippen molar-refractivity contribution in [1.82, 2.24) is 14.9 Å². The zero-order chi connectivity index (χ0) is 21.4. The van der Waals surface area contributed by atoms with E-state index in [-0.39, 0.29) is 11.5 Å². The summed E-state index contributed by atoms with van der Waals surface area (Å²) in [6.07, 6.45) is 4.28. The number of piperidine rings is 1. The van der Waals surface area contributed by atoms with Crippen LogP contribution in [0.2, 0.25) is 0 Å². The predicted octanol–water partition coefficient (Wildman–Crippen LogP) is 5.31. The second kappa shape index (κ2) is 8.52. The number of benzene rings is 1. The number of carbonyl (C=O) groups is 1. The van der Waals surface area contributed by atoms with E-state index < -0.39 is 0 Å². The molecule has 0 bridgehead atoms. The number of nitrogens with zero attached hydrogens (tertiary/aromatic N) is 3. The smallest absolute Gasteiger partial charge is 0.232 e. The molecule has 0 saturated carbocycles. The van der Waals surface area contributed by atoms with E-state index in [1.165, 1.54) is 16.9 Å². The standard InChI is InChI=1S/C24H27N3O2S2/c1-24(2)13-17-18(14-29-24)31-23-20(17)22(25-21(26-23)16-9-5-3-6-10-16)30-15-19(28)27-11-7-4-8-12-27/h3,5-6,9-10H,4,7-8,11-15H2,1-2H3. The molecular weight excluding hydrogens is 426 g/mol. The summed E-state index contributed by atoms with van der Waals surface area (Å²) in [6, 6.07) is 10.1. The van der Waals surface area contributed by atoms with Gasteiger partial charge in [0.1, 0.15) is 9.86 Å². The van der Waals surface area contributed by atoms with Gasteiger partial charge in [0.25, 0.3) is 0 Å². The molecule has 0 aliphatic carbocycles. The fourth-order valence-electron chi connectivity index (χ4n) is 4.30. The number of likely N-dealkylation sites (tertiary alicyclic amines) is 1. The molecule has 1 fully saturated rings. The molecule has 1 aromatic carbocycles. The van der Waals surface area contributed by atoms with Crippen LogP contribution in [0.15, 0.2) is 35.4 Å². The summed E-state index contributed by atoms with van der Waals surface area (Å²) in [5.74, 6) is 1.36. The zero-order valence-electron chi connectivity index (χ0n) is 18.0. The van der Waals surface area contributed by atoms with Crippen molar-refractivity contribution < 1.29 is 9.53 Å². The van der Waals surface area contributed by atoms with Crippen molar-refractivity contribution in [2.24, 2.45) is 0 Å². The lowest BCUT2D eigenvalue weighted by Crippen LogP contribution is -2.36. The van der Waals surface area contributed by atoms with Gasteiger partial charge in [0.05, 0.1) is 18.0 Å². The van der Waals surface area contributed by atoms with Gasteiger partial charge >= 0.3 is 0 Å². The summed E-state index contributed by atoms with van der Waals surface area (Å²) in [4.78, 5) is 27.0. The Hall–Kier alpha value is -1.96. The van der Waals surface area contributed by atoms with E-state index >= 15 is 0 Å². The third-order valence-electron chi connectivity index (χ3n) is 5.97. The predicted molar refractivity (Wildman–Crippen MR) is 127 cm³/mol. The van der Waals surface area contributed by atoms with Gasteiger partial charge in [0, 0.05) is 35.3 Å². The van der Waals surface area contributed by atoms with Crippen molar-refractivity contribution in [3.8, 4) is 11.4 Å². The van der Waals surface area contributed by atoms with Gasteiger partial charge in [-0.1, -0.05) is 42.1 Å². The van der Waals surface area contributed by atoms with Crippen LogP contribution < -0.4 is 0 Å². The van der Waals surface area contributed by atoms with Crippen molar-refractivity contribution >= 4 is 39.2 Å². The third kappa shape index (κ3) is 4.36. The van der Waals surface area contributed by atoms with E-state index in [1.807, 2.05) is 35.2 Å². The summed E-state index contributed by atoms with van der Waals surface area (Å²) in [5, 5.41) is 2.04. The van der Waals surface area contributed by atoms with Gasteiger partial charge in [-0.3, -0.25) is 4.79 Å². The van der Waals surface area contributed by atoms with Gasteiger partial charge < -0.3 is 9.64 Å². The maximum absolute atomic E-state index is 12.8. The van der Waals surface area contributed by atoms with Crippen LogP contribution in [0.4, 0.5) is 0 Å². The van der Waals surface area contributed by atoms with Crippen LogP contribution in [0.1, 0.15) is 43.6 Å². The number of thioether (sulfide) groups is 1. The van der Waals surface area contributed by atoms with E-state index in [1.54, 1.807) is 23.1 Å². The van der Waals surface area contributed by atoms with Crippen molar-refractivity contribution in [3.63, 3.8) is 0 Å². The van der Waals surface area contributed by atoms with Crippen LogP contribution >= 0.6 is 23.1 Å². The highest BCUT2D eigenvalue weighted by molar-refractivity contribution is 8.00. The number of fused-ring (bicyclic) bond motifs is 3. The molecule has 3 aromatic rings. The molecule has 5 nitrogen and oxygen atoms in total. The monoisotopic (exact) mass is 453 g/mol. The molecule has 7 heteroatoms. The molecule has 0 N–H and O–H groups in total. The van der Waals surface area contributed by atoms with E-state index in [9.17, 15) is 4.79 Å². The van der Waals surface area contributed by atoms with Crippen molar-refractivity contribution in [3.05, 3.63) is 40.8 Å². The number of aromatic nitrogens is 2. The average Bonchev–Trinajstić information content (AvgIpc) is 3.15. The second-order valence-electron chi connectivity index (χ2n) is 8.86. The van der Waals surface area contributed by atoms with Crippen LogP contribution in [0.25, 0.3) is 21.6 Å². The molecular formula is C24H27N3O2S2. The molecule has 2 aliphatic heterocycles. The maximum atomic E-state index is 12.8. The summed E-state index contributed by atoms with van der Waals surface area (Å²) >= 11 is 3.26. The van der Waals surface area contributed by atoms with Gasteiger partial charge in [0.2, 0.25) is 5.91 Å². The Labute approximate surface area is 191 Å². The minimum Gasteiger partial charge on any atom is -0.370 e. The van der Waals surface area contributed by atoms with Crippen molar-refractivity contribution in [2.45, 2.75) is 56.8 Å². The summed E-state index contributed by atoms with van der Waals surface area (Å²) in [6.45, 7) is 6.64. The average molecular weight is 454 g/mol. The molecule has 5 rings (SSSR count). The zero-order valence-corrected chi connectivity index (χ0v) is 19.7. The quantitative estimate of drug-likeness (QED) is 0.396. The van der Waals surface area contributed by atoms with Crippen LogP contribution in [-0.2, 0) is 22.6 Å². The summed E-state index contributed by atoms with van der Waals surface area (Å²) in [7, 11) is 0. The van der Waals surface area contributed by atoms with Gasteiger partial charge in [-0.2, -0.15) is 0 Å². The first kappa shape index (κ1) is 20.9. The lowest BCUT2D eigenvalue weighted by Gasteiger charge is -2.30. The molecule has 4 heterocycles. The summed E-state index contributed by atoms with van der Waals surface area (Å²) < 4.78 is 6.05. The molecule has 162 valence electrons. The topological polar surface area (TPSA) is 55.3 Å². The number of hydrogen-bond acceptors (Lipinski definition) is 6. The van der Waals surface area contributed by atoms with E-state index in [0.29, 0.717) is 12.4 Å². The second-order valence-corrected chi connectivity index (χ2v) is 10.9. The lowest BCUT2D eigenvalue weighted by atomic mass is 9.94. The Morgan fingerprint density at radius 2 is 1.94 bits per heavy atom. The van der Waals surface area contributed by atoms with E-state index in [4.69, 9.17) is 14.7 Å². The van der Waals surface area contributed by atoms with E-state index in [0.717, 1.165) is 59.0 Å². The fraction of sp³-hybridized carbons (Fsp3) is 0.458. The fourth-order valence-corrected chi connectivity index (χ4v) is 6.42. The number of rotatable bonds is 4. The molecule has 31 heavy (non-hydrogen) atoms. The molecule has 2 aliphatic rings. The molecule has 0 spiro atoms. The van der Waals surface area contributed by atoms with Crippen LogP contribution in [0, 0.1) is 0 Å². The largest absolute Gasteiger partial charge is 0.370 e. The highest BCUT2D eigenvalue weighted by atomic mass is 32.2. The van der Waals surface area contributed by atoms with Crippen LogP contribution in [0.3, 0.4) is 0 Å². The number of hydrogen-bond donors (Lipinski definition) is 0. The Bertz CT molecular complexity index is 1100. The minimum atomic E-state index is -0.204. The van der Waals surface area contributed by atoms with Gasteiger partial charge in [-0.15, -0.1) is 11.3 Å². The lowest BCUT2D eigenvalue weighted by molar-refractivity contribution is -0.129. The Morgan fingerprint density at radius 1 is 1.16 bits per heavy atom. The Kier molecular flexibility index (Phi) is 5.75. The van der Waals surface area contributed by atoms with Crippen molar-refractivity contribution in [2.75, 3.05) is 18.8 Å². The first-order chi connectivity index (χ1) is 15.0. The number of thiophene rings is 1. The highest BCUT2D eigenvalue weighted by Crippen LogP contribution is 2.42. The van der Waals surface area contributed by atoms with Crippen LogP contribution in [-0.4, -0.2) is 45.2 Å². The van der Waals surface area contributed by atoms with Crippen LogP contribution in [0.5, 0.6) is 0 Å². The number of ether oxygens (including phenoxy) is 1. The van der Waals surface area contributed by atoms with Gasteiger partial charge in [-0.25, -0.2) is 9.97 Å². The molecule has 1 amide bonds. The third-order valence-corrected chi connectivity index (χ3v) is 8.03. The molecule has 0 radical (unpaired) electrons. The Morgan fingerprint density at radius 3 is 2.71 bits per heavy atom. The molecule has 0 atom stereocenters. The number of carbonyl (C=O) groups excluding carboxylic acids is 1. The SMILES string of the molecule is CC1(C)Cc2c(sc3nc(-c4ccccc4)nc(SCC(=O)N4CCCCC4)c23)CO1. The molecule has 1 saturated heterocycles.